The van der Waals surface area contributed by atoms with Crippen LogP contribution >= 0.6 is 23.2 Å². The summed E-state index contributed by atoms with van der Waals surface area (Å²) in [5.41, 5.74) is -0.522. The molecule has 1 N–H and O–H groups in total. The highest BCUT2D eigenvalue weighted by Gasteiger charge is 2.58. The van der Waals surface area contributed by atoms with E-state index >= 15 is 0 Å². The number of ether oxygens (including phenoxy) is 3. The zero-order valence-corrected chi connectivity index (χ0v) is 27.5. The number of carbonyl (C=O) groups excluding carboxylic acids is 2. The zero-order chi connectivity index (χ0) is 33.7. The summed E-state index contributed by atoms with van der Waals surface area (Å²) in [5.74, 6) is 0.119. The molecule has 1 aromatic heterocycles. The van der Waals surface area contributed by atoms with Crippen LogP contribution in [0.3, 0.4) is 0 Å². The molecule has 6 rings (SSSR count). The highest BCUT2D eigenvalue weighted by atomic mass is 35.5. The molecule has 0 radical (unpaired) electrons. The Kier molecular flexibility index (Phi) is 8.37. The van der Waals surface area contributed by atoms with Crippen LogP contribution in [0.15, 0.2) is 70.3 Å². The molecule has 244 valence electrons. The summed E-state index contributed by atoms with van der Waals surface area (Å²) in [6, 6.07) is 17.3. The van der Waals surface area contributed by atoms with Gasteiger partial charge in [-0.1, -0.05) is 53.5 Å². The Morgan fingerprint density at radius 1 is 1.00 bits per heavy atom. The van der Waals surface area contributed by atoms with Crippen molar-refractivity contribution in [3.8, 4) is 17.2 Å². The lowest BCUT2D eigenvalue weighted by molar-refractivity contribution is -0.119. The number of hydrogen-bond donors (Lipinski definition) is 1. The van der Waals surface area contributed by atoms with Gasteiger partial charge in [0.15, 0.2) is 5.75 Å². The van der Waals surface area contributed by atoms with E-state index < -0.39 is 40.9 Å². The Labute approximate surface area is 279 Å². The summed E-state index contributed by atoms with van der Waals surface area (Å²) in [6.45, 7) is 4.65. The molecule has 0 atom stereocenters. The van der Waals surface area contributed by atoms with Gasteiger partial charge in [0, 0.05) is 12.7 Å². The van der Waals surface area contributed by atoms with Gasteiger partial charge in [0.2, 0.25) is 11.7 Å². The van der Waals surface area contributed by atoms with E-state index in [-0.39, 0.29) is 34.0 Å². The van der Waals surface area contributed by atoms with Crippen molar-refractivity contribution in [1.82, 2.24) is 14.3 Å². The van der Waals surface area contributed by atoms with Gasteiger partial charge < -0.3 is 19.1 Å². The van der Waals surface area contributed by atoms with Crippen molar-refractivity contribution in [1.29, 1.82) is 0 Å². The predicted molar refractivity (Wildman–Crippen MR) is 176 cm³/mol. The fourth-order valence-corrected chi connectivity index (χ4v) is 5.95. The Morgan fingerprint density at radius 3 is 2.32 bits per heavy atom. The average Bonchev–Trinajstić information content (AvgIpc) is 3.79. The molecular formula is C33H31Cl2N5O7. The predicted octanol–water partition coefficient (Wildman–Crippen LogP) is 6.02. The molecule has 1 spiro atoms. The van der Waals surface area contributed by atoms with Crippen LogP contribution in [0.2, 0.25) is 10.0 Å². The van der Waals surface area contributed by atoms with Crippen molar-refractivity contribution in [3.05, 3.63) is 103 Å². The first-order valence-corrected chi connectivity index (χ1v) is 15.5. The maximum atomic E-state index is 13.6. The molecule has 14 heteroatoms. The van der Waals surface area contributed by atoms with E-state index in [0.717, 1.165) is 38.9 Å². The molecule has 0 saturated heterocycles. The lowest BCUT2D eigenvalue weighted by Gasteiger charge is -2.20. The molecule has 1 aliphatic heterocycles. The molecule has 0 bridgehead atoms. The fraction of sp³-hybridized carbons (Fsp3) is 0.303. The smallest absolute Gasteiger partial charge is 0.413 e. The van der Waals surface area contributed by atoms with E-state index in [1.807, 2.05) is 42.5 Å². The monoisotopic (exact) mass is 679 g/mol. The van der Waals surface area contributed by atoms with Gasteiger partial charge in [0.25, 0.3) is 0 Å². The minimum atomic E-state index is -0.945. The Morgan fingerprint density at radius 2 is 1.68 bits per heavy atom. The van der Waals surface area contributed by atoms with Gasteiger partial charge in [0.1, 0.15) is 18.1 Å². The fourth-order valence-electron chi connectivity index (χ4n) is 5.40. The van der Waals surface area contributed by atoms with E-state index in [1.165, 1.54) is 12.1 Å². The van der Waals surface area contributed by atoms with Crippen molar-refractivity contribution in [2.24, 2.45) is 0 Å². The van der Waals surface area contributed by atoms with E-state index in [9.17, 15) is 19.2 Å². The van der Waals surface area contributed by atoms with Gasteiger partial charge >= 0.3 is 17.3 Å². The van der Waals surface area contributed by atoms with Crippen LogP contribution in [-0.4, -0.2) is 39.0 Å². The molecule has 2 amide bonds. The van der Waals surface area contributed by atoms with Crippen molar-refractivity contribution in [2.45, 2.75) is 58.0 Å². The first-order chi connectivity index (χ1) is 22.3. The Balaban J connectivity index is 1.33. The summed E-state index contributed by atoms with van der Waals surface area (Å²) in [6.07, 6.45) is 0.600. The third-order valence-electron chi connectivity index (χ3n) is 7.77. The number of halogens is 2. The summed E-state index contributed by atoms with van der Waals surface area (Å²) in [4.78, 5) is 54.0. The number of benzene rings is 3. The van der Waals surface area contributed by atoms with Crippen LogP contribution in [-0.2, 0) is 33.0 Å². The molecule has 12 nitrogen and oxygen atoms in total. The topological polar surface area (TPSA) is 134 Å². The minimum Gasteiger partial charge on any atom is -0.454 e. The van der Waals surface area contributed by atoms with Gasteiger partial charge in [-0.15, -0.1) is 5.10 Å². The van der Waals surface area contributed by atoms with E-state index in [4.69, 9.17) is 37.4 Å². The van der Waals surface area contributed by atoms with E-state index in [1.54, 1.807) is 38.8 Å². The van der Waals surface area contributed by atoms with Crippen LogP contribution in [0.1, 0.15) is 44.7 Å². The molecule has 1 fully saturated rings. The van der Waals surface area contributed by atoms with Gasteiger partial charge in [0.05, 0.1) is 27.8 Å². The third kappa shape index (κ3) is 6.36. The van der Waals surface area contributed by atoms with Crippen LogP contribution in [0, 0.1) is 0 Å². The second-order valence-electron chi connectivity index (χ2n) is 12.3. The maximum absolute atomic E-state index is 13.6. The normalized spacial score (nSPS) is 14.7. The number of hydrogen-bond acceptors (Lipinski definition) is 8. The second-order valence-corrected chi connectivity index (χ2v) is 13.1. The number of fused-ring (bicyclic) bond motifs is 2. The largest absolute Gasteiger partial charge is 0.454 e. The third-order valence-corrected chi connectivity index (χ3v) is 8.33. The number of anilines is 2. The molecule has 2 aliphatic rings. The molecule has 3 aromatic carbocycles. The molecule has 47 heavy (non-hydrogen) atoms. The zero-order valence-electron chi connectivity index (χ0n) is 26.0. The molecule has 1 saturated carbocycles. The summed E-state index contributed by atoms with van der Waals surface area (Å²) < 4.78 is 18.7. The highest BCUT2D eigenvalue weighted by molar-refractivity contribution is 6.37. The Hall–Kier alpha value is -4.65. The Bertz CT molecular complexity index is 1990. The van der Waals surface area contributed by atoms with Crippen molar-refractivity contribution in [2.75, 3.05) is 17.3 Å². The lowest BCUT2D eigenvalue weighted by atomic mass is 9.98. The number of nitrogens with zero attached hydrogens (tertiary/aromatic N) is 4. The number of rotatable bonds is 8. The van der Waals surface area contributed by atoms with Crippen LogP contribution in [0.5, 0.6) is 11.5 Å². The molecule has 0 unspecified atom stereocenters. The average molecular weight is 681 g/mol. The quantitative estimate of drug-likeness (QED) is 0.239. The van der Waals surface area contributed by atoms with Gasteiger partial charge in [-0.25, -0.2) is 14.2 Å². The van der Waals surface area contributed by atoms with Gasteiger partial charge in [-0.3, -0.25) is 14.9 Å². The highest BCUT2D eigenvalue weighted by Crippen LogP contribution is 2.57. The maximum Gasteiger partial charge on any atom is 0.413 e. The molecule has 2 heterocycles. The standard InChI is InChI=1S/C33H31Cl2N5O7/c1-32(2,3)47-30(43)36-27-28(41)39(18-45-17-19-8-6-5-7-9-19)31(44)40(37-27)20-14-23(34)26(24(35)15-20)46-21-10-11-25-22(16-21)33(12-13-33)29(42)38(25)4/h5-11,14-16H,12-13,17-18H2,1-4H3,(H,36,37,43). The summed E-state index contributed by atoms with van der Waals surface area (Å²) >= 11 is 13.3. The number of likely N-dealkylation sites (N-methyl/N-ethyl adjacent to an activating group) is 1. The SMILES string of the molecule is CN1C(=O)C2(CC2)c2cc(Oc3c(Cl)cc(-n4nc(NC(=O)OC(C)(C)C)c(=O)n(COCc5ccccc5)c4=O)cc3Cl)ccc21. The van der Waals surface area contributed by atoms with Crippen molar-refractivity contribution >= 4 is 46.7 Å². The summed E-state index contributed by atoms with van der Waals surface area (Å²) in [7, 11) is 1.75. The first kappa shape index (κ1) is 32.3. The van der Waals surface area contributed by atoms with Gasteiger partial charge in [-0.2, -0.15) is 4.68 Å². The number of carbonyl (C=O) groups is 2. The van der Waals surface area contributed by atoms with Crippen LogP contribution in [0.25, 0.3) is 5.69 Å². The van der Waals surface area contributed by atoms with E-state index in [2.05, 4.69) is 10.4 Å². The van der Waals surface area contributed by atoms with Crippen molar-refractivity contribution in [3.63, 3.8) is 0 Å². The lowest BCUT2D eigenvalue weighted by Crippen LogP contribution is -2.43. The molecule has 1 aliphatic carbocycles. The summed E-state index contributed by atoms with van der Waals surface area (Å²) in [5, 5.41) is 6.52. The van der Waals surface area contributed by atoms with Crippen LogP contribution in [0.4, 0.5) is 16.3 Å². The van der Waals surface area contributed by atoms with Crippen LogP contribution < -0.4 is 26.2 Å². The minimum absolute atomic E-state index is 0.0377. The molecular weight excluding hydrogens is 649 g/mol. The second kappa shape index (κ2) is 12.2. The molecule has 4 aromatic rings. The van der Waals surface area contributed by atoms with Gasteiger partial charge in [-0.05, 0) is 75.1 Å². The van der Waals surface area contributed by atoms with E-state index in [0.29, 0.717) is 5.75 Å². The van der Waals surface area contributed by atoms with Crippen molar-refractivity contribution < 1.29 is 23.8 Å². The number of aromatic nitrogens is 3. The number of nitrogens with one attached hydrogen (secondary N) is 1. The number of amides is 2. The first-order valence-electron chi connectivity index (χ1n) is 14.7.